The first kappa shape index (κ1) is 15.1. The van der Waals surface area contributed by atoms with Crippen LogP contribution in [0.4, 0.5) is 5.82 Å². The SMILES string of the molecule is CCc1nc(-c2ccc(OC)cc2OC)nc(NC)c1C. The number of anilines is 1. The number of aryl methyl sites for hydroxylation is 1. The first-order chi connectivity index (χ1) is 10.1. The molecule has 0 aliphatic rings. The monoisotopic (exact) mass is 287 g/mol. The Morgan fingerprint density at radius 2 is 1.90 bits per heavy atom. The van der Waals surface area contributed by atoms with Crippen LogP contribution in [0.15, 0.2) is 18.2 Å². The summed E-state index contributed by atoms with van der Waals surface area (Å²) in [6.45, 7) is 4.11. The van der Waals surface area contributed by atoms with Crippen molar-refractivity contribution in [3.05, 3.63) is 29.5 Å². The third-order valence-electron chi connectivity index (χ3n) is 3.47. The topological polar surface area (TPSA) is 56.3 Å². The molecular weight excluding hydrogens is 266 g/mol. The summed E-state index contributed by atoms with van der Waals surface area (Å²) in [6, 6.07) is 5.64. The van der Waals surface area contributed by atoms with Crippen molar-refractivity contribution in [1.29, 1.82) is 0 Å². The van der Waals surface area contributed by atoms with Gasteiger partial charge in [0.1, 0.15) is 17.3 Å². The molecule has 1 aromatic heterocycles. The Morgan fingerprint density at radius 1 is 1.14 bits per heavy atom. The second-order valence-corrected chi connectivity index (χ2v) is 4.64. The predicted octanol–water partition coefficient (Wildman–Crippen LogP) is 3.07. The minimum atomic E-state index is 0.654. The molecule has 112 valence electrons. The van der Waals surface area contributed by atoms with E-state index in [0.717, 1.165) is 34.8 Å². The summed E-state index contributed by atoms with van der Waals surface area (Å²) in [7, 11) is 5.13. The van der Waals surface area contributed by atoms with Crippen molar-refractivity contribution in [1.82, 2.24) is 9.97 Å². The van der Waals surface area contributed by atoms with E-state index in [1.54, 1.807) is 14.2 Å². The fraction of sp³-hybridized carbons (Fsp3) is 0.375. The number of methoxy groups -OCH3 is 2. The fourth-order valence-corrected chi connectivity index (χ4v) is 2.25. The number of hydrogen-bond acceptors (Lipinski definition) is 5. The van der Waals surface area contributed by atoms with Crippen LogP contribution in [-0.2, 0) is 6.42 Å². The lowest BCUT2D eigenvalue weighted by Crippen LogP contribution is -2.05. The molecule has 1 N–H and O–H groups in total. The van der Waals surface area contributed by atoms with Gasteiger partial charge in [0.2, 0.25) is 0 Å². The second kappa shape index (κ2) is 6.43. The lowest BCUT2D eigenvalue weighted by atomic mass is 10.1. The van der Waals surface area contributed by atoms with Crippen molar-refractivity contribution in [3.8, 4) is 22.9 Å². The molecule has 0 unspecified atom stereocenters. The molecule has 5 nitrogen and oxygen atoms in total. The van der Waals surface area contributed by atoms with Crippen LogP contribution in [0.3, 0.4) is 0 Å². The number of aromatic nitrogens is 2. The minimum absolute atomic E-state index is 0.654. The van der Waals surface area contributed by atoms with E-state index in [-0.39, 0.29) is 0 Å². The molecule has 1 aromatic carbocycles. The van der Waals surface area contributed by atoms with Gasteiger partial charge in [-0.1, -0.05) is 6.92 Å². The molecule has 0 atom stereocenters. The van der Waals surface area contributed by atoms with Crippen LogP contribution < -0.4 is 14.8 Å². The Balaban J connectivity index is 2.61. The van der Waals surface area contributed by atoms with E-state index in [9.17, 15) is 0 Å². The van der Waals surface area contributed by atoms with E-state index in [1.807, 2.05) is 32.2 Å². The van der Waals surface area contributed by atoms with E-state index in [1.165, 1.54) is 0 Å². The standard InChI is InChI=1S/C16H21N3O2/c1-6-13-10(2)15(17-3)19-16(18-13)12-8-7-11(20-4)9-14(12)21-5/h7-9H,6H2,1-5H3,(H,17,18,19). The minimum Gasteiger partial charge on any atom is -0.497 e. The fourth-order valence-electron chi connectivity index (χ4n) is 2.25. The first-order valence-electron chi connectivity index (χ1n) is 6.92. The van der Waals surface area contributed by atoms with Crippen LogP contribution in [-0.4, -0.2) is 31.2 Å². The van der Waals surface area contributed by atoms with Crippen LogP contribution >= 0.6 is 0 Å². The Hall–Kier alpha value is -2.30. The van der Waals surface area contributed by atoms with Gasteiger partial charge in [-0.25, -0.2) is 9.97 Å². The molecule has 0 bridgehead atoms. The molecule has 1 heterocycles. The van der Waals surface area contributed by atoms with Crippen molar-refractivity contribution in [2.45, 2.75) is 20.3 Å². The zero-order valence-corrected chi connectivity index (χ0v) is 13.2. The van der Waals surface area contributed by atoms with Crippen molar-refractivity contribution >= 4 is 5.82 Å². The molecule has 0 amide bonds. The summed E-state index contributed by atoms with van der Waals surface area (Å²) >= 11 is 0. The van der Waals surface area contributed by atoms with Gasteiger partial charge < -0.3 is 14.8 Å². The number of rotatable bonds is 5. The quantitative estimate of drug-likeness (QED) is 0.916. The molecule has 0 aliphatic carbocycles. The summed E-state index contributed by atoms with van der Waals surface area (Å²) < 4.78 is 10.7. The number of benzene rings is 1. The molecule has 0 spiro atoms. The molecular formula is C16H21N3O2. The van der Waals surface area contributed by atoms with Crippen molar-refractivity contribution in [2.75, 3.05) is 26.6 Å². The second-order valence-electron chi connectivity index (χ2n) is 4.64. The lowest BCUT2D eigenvalue weighted by Gasteiger charge is -2.13. The zero-order chi connectivity index (χ0) is 15.4. The van der Waals surface area contributed by atoms with Gasteiger partial charge in [-0.3, -0.25) is 0 Å². The number of hydrogen-bond donors (Lipinski definition) is 1. The third kappa shape index (κ3) is 2.91. The van der Waals surface area contributed by atoms with E-state index < -0.39 is 0 Å². The highest BCUT2D eigenvalue weighted by Gasteiger charge is 2.14. The Morgan fingerprint density at radius 3 is 2.48 bits per heavy atom. The zero-order valence-electron chi connectivity index (χ0n) is 13.2. The Labute approximate surface area is 125 Å². The molecule has 0 radical (unpaired) electrons. The maximum Gasteiger partial charge on any atom is 0.165 e. The largest absolute Gasteiger partial charge is 0.497 e. The predicted molar refractivity (Wildman–Crippen MR) is 84.2 cm³/mol. The van der Waals surface area contributed by atoms with Crippen molar-refractivity contribution in [2.24, 2.45) is 0 Å². The van der Waals surface area contributed by atoms with Crippen molar-refractivity contribution < 1.29 is 9.47 Å². The average molecular weight is 287 g/mol. The number of nitrogens with zero attached hydrogens (tertiary/aromatic N) is 2. The van der Waals surface area contributed by atoms with Crippen LogP contribution in [0, 0.1) is 6.92 Å². The number of ether oxygens (including phenoxy) is 2. The van der Waals surface area contributed by atoms with Crippen LogP contribution in [0.5, 0.6) is 11.5 Å². The highest BCUT2D eigenvalue weighted by Crippen LogP contribution is 2.32. The Kier molecular flexibility index (Phi) is 4.62. The summed E-state index contributed by atoms with van der Waals surface area (Å²) in [5.41, 5.74) is 2.96. The van der Waals surface area contributed by atoms with Crippen LogP contribution in [0.25, 0.3) is 11.4 Å². The molecule has 0 aliphatic heterocycles. The Bertz CT molecular complexity index is 616. The highest BCUT2D eigenvalue weighted by atomic mass is 16.5. The number of nitrogens with one attached hydrogen (secondary N) is 1. The summed E-state index contributed by atoms with van der Waals surface area (Å²) in [5.74, 6) is 2.94. The van der Waals surface area contributed by atoms with Gasteiger partial charge in [0.15, 0.2) is 5.82 Å². The summed E-state index contributed by atoms with van der Waals surface area (Å²) in [4.78, 5) is 9.25. The first-order valence-corrected chi connectivity index (χ1v) is 6.92. The smallest absolute Gasteiger partial charge is 0.165 e. The van der Waals surface area contributed by atoms with Crippen molar-refractivity contribution in [3.63, 3.8) is 0 Å². The van der Waals surface area contributed by atoms with E-state index in [0.29, 0.717) is 11.6 Å². The van der Waals surface area contributed by atoms with Crippen LogP contribution in [0.1, 0.15) is 18.2 Å². The van der Waals surface area contributed by atoms with Gasteiger partial charge in [-0.15, -0.1) is 0 Å². The molecule has 2 aromatic rings. The van der Waals surface area contributed by atoms with E-state index in [4.69, 9.17) is 9.47 Å². The molecule has 2 rings (SSSR count). The normalized spacial score (nSPS) is 10.3. The lowest BCUT2D eigenvalue weighted by molar-refractivity contribution is 0.395. The molecule has 0 saturated carbocycles. The highest BCUT2D eigenvalue weighted by molar-refractivity contribution is 5.68. The molecule has 0 saturated heterocycles. The van der Waals surface area contributed by atoms with Gasteiger partial charge in [-0.2, -0.15) is 0 Å². The van der Waals surface area contributed by atoms with Gasteiger partial charge in [-0.05, 0) is 25.5 Å². The van der Waals surface area contributed by atoms with E-state index in [2.05, 4.69) is 22.2 Å². The maximum atomic E-state index is 5.44. The average Bonchev–Trinajstić information content (AvgIpc) is 2.54. The van der Waals surface area contributed by atoms with Crippen LogP contribution in [0.2, 0.25) is 0 Å². The van der Waals surface area contributed by atoms with Gasteiger partial charge in [0.25, 0.3) is 0 Å². The van der Waals surface area contributed by atoms with Gasteiger partial charge in [0, 0.05) is 24.4 Å². The third-order valence-corrected chi connectivity index (χ3v) is 3.47. The van der Waals surface area contributed by atoms with E-state index >= 15 is 0 Å². The summed E-state index contributed by atoms with van der Waals surface area (Å²) in [5, 5.41) is 3.12. The molecule has 21 heavy (non-hydrogen) atoms. The molecule has 5 heteroatoms. The summed E-state index contributed by atoms with van der Waals surface area (Å²) in [6.07, 6.45) is 0.856. The molecule has 0 fully saturated rings. The maximum absolute atomic E-state index is 5.44. The van der Waals surface area contributed by atoms with Gasteiger partial charge >= 0.3 is 0 Å². The van der Waals surface area contributed by atoms with Gasteiger partial charge in [0.05, 0.1) is 19.8 Å².